The molecule has 0 atom stereocenters. The summed E-state index contributed by atoms with van der Waals surface area (Å²) in [5, 5.41) is 2.97. The molecule has 44 valence electrons. The molecule has 1 nitrogen and oxygen atoms in total. The van der Waals surface area contributed by atoms with E-state index in [0.717, 1.165) is 0 Å². The summed E-state index contributed by atoms with van der Waals surface area (Å²) < 4.78 is 0. The summed E-state index contributed by atoms with van der Waals surface area (Å²) in [5.41, 5.74) is 1.34. The Kier molecular flexibility index (Phi) is 5.05. The van der Waals surface area contributed by atoms with Crippen LogP contribution in [-0.2, 0) is 0 Å². The Labute approximate surface area is 57.0 Å². The standard InChI is InChI=1S/C5H9N.CH3.Al/c1-5(2)4-6-3;;/h1,4,6H,2-3H3;1H3;/b5-4+;;. The topological polar surface area (TPSA) is 12.0 Å². The minimum atomic E-state index is 0.514. The molecule has 0 aliphatic carbocycles. The second-order valence-electron chi connectivity index (χ2n) is 1.68. The third-order valence-corrected chi connectivity index (χ3v) is 1.66. The summed E-state index contributed by atoms with van der Waals surface area (Å²) in [5.74, 6) is 2.22. The summed E-state index contributed by atoms with van der Waals surface area (Å²) in [6.07, 6.45) is 2.01. The van der Waals surface area contributed by atoms with Gasteiger partial charge in [-0.25, -0.2) is 0 Å². The van der Waals surface area contributed by atoms with Gasteiger partial charge in [0.1, 0.15) is 0 Å². The van der Waals surface area contributed by atoms with Crippen LogP contribution in [-0.4, -0.2) is 26.7 Å². The van der Waals surface area contributed by atoms with Crippen molar-refractivity contribution < 1.29 is 0 Å². The van der Waals surface area contributed by atoms with Crippen molar-refractivity contribution in [1.29, 1.82) is 0 Å². The Morgan fingerprint density at radius 1 is 1.62 bits per heavy atom. The molecule has 0 aromatic carbocycles. The van der Waals surface area contributed by atoms with E-state index in [-0.39, 0.29) is 0 Å². The molecule has 0 heterocycles. The second kappa shape index (κ2) is 5.09. The summed E-state index contributed by atoms with van der Waals surface area (Å²) >= 11 is 0.514. The number of hydrogen-bond acceptors (Lipinski definition) is 1. The van der Waals surface area contributed by atoms with Crippen LogP contribution in [0, 0.1) is 0 Å². The van der Waals surface area contributed by atoms with Crippen LogP contribution < -0.4 is 5.32 Å². The summed E-state index contributed by atoms with van der Waals surface area (Å²) in [7, 11) is 1.92. The van der Waals surface area contributed by atoms with E-state index < -0.39 is 0 Å². The molecule has 0 bridgehead atoms. The zero-order valence-electron chi connectivity index (χ0n) is 5.73. The Morgan fingerprint density at radius 2 is 2.25 bits per heavy atom. The first-order valence-corrected chi connectivity index (χ1v) is 4.60. The van der Waals surface area contributed by atoms with Crippen molar-refractivity contribution in [3.05, 3.63) is 11.8 Å². The molecular formula is C6H12AlN. The quantitative estimate of drug-likeness (QED) is 0.535. The molecule has 0 fully saturated rings. The van der Waals surface area contributed by atoms with Gasteiger partial charge < -0.3 is 0 Å². The van der Waals surface area contributed by atoms with E-state index in [1.807, 2.05) is 13.2 Å². The van der Waals surface area contributed by atoms with Crippen LogP contribution in [0.4, 0.5) is 0 Å². The maximum atomic E-state index is 2.97. The Hall–Kier alpha value is -0.0575. The molecule has 0 spiro atoms. The van der Waals surface area contributed by atoms with Crippen LogP contribution in [0.15, 0.2) is 11.8 Å². The molecule has 0 unspecified atom stereocenters. The van der Waals surface area contributed by atoms with E-state index in [1.54, 1.807) is 0 Å². The van der Waals surface area contributed by atoms with Crippen molar-refractivity contribution in [3.63, 3.8) is 0 Å². The maximum absolute atomic E-state index is 2.97. The van der Waals surface area contributed by atoms with Crippen LogP contribution in [0.25, 0.3) is 0 Å². The first-order chi connectivity index (χ1) is 3.81. The molecule has 0 aliphatic rings. The summed E-state index contributed by atoms with van der Waals surface area (Å²) in [4.78, 5) is 2.26. The SMILES string of the molecule is CN/C=C(/C)[CH]=[Al][CH3]. The first kappa shape index (κ1) is 7.94. The minimum absolute atomic E-state index is 0.514. The monoisotopic (exact) mass is 125 g/mol. The zero-order valence-corrected chi connectivity index (χ0v) is 6.89. The number of allylic oxidation sites excluding steroid dienone is 1. The van der Waals surface area contributed by atoms with Gasteiger partial charge in [0.15, 0.2) is 0 Å². The van der Waals surface area contributed by atoms with Crippen molar-refractivity contribution in [2.75, 3.05) is 7.05 Å². The zero-order chi connectivity index (χ0) is 6.41. The Morgan fingerprint density at radius 3 is 2.62 bits per heavy atom. The van der Waals surface area contributed by atoms with Crippen molar-refractivity contribution in [3.8, 4) is 0 Å². The average molecular weight is 125 g/mol. The first-order valence-electron chi connectivity index (χ1n) is 2.78. The molecule has 0 rings (SSSR count). The predicted octanol–water partition coefficient (Wildman–Crippen LogP) is 0.664. The van der Waals surface area contributed by atoms with Gasteiger partial charge in [0.25, 0.3) is 0 Å². The molecule has 0 amide bonds. The number of hydrogen-bond donors (Lipinski definition) is 1. The molecule has 2 heteroatoms. The van der Waals surface area contributed by atoms with Crippen LogP contribution >= 0.6 is 0 Å². The van der Waals surface area contributed by atoms with E-state index in [2.05, 4.69) is 22.9 Å². The van der Waals surface area contributed by atoms with Crippen LogP contribution in [0.5, 0.6) is 0 Å². The van der Waals surface area contributed by atoms with Gasteiger partial charge in [-0.05, 0) is 0 Å². The number of nitrogens with one attached hydrogen (secondary N) is 1. The van der Waals surface area contributed by atoms with E-state index in [9.17, 15) is 0 Å². The van der Waals surface area contributed by atoms with Crippen molar-refractivity contribution in [1.82, 2.24) is 5.32 Å². The Bertz CT molecular complexity index is 105. The van der Waals surface area contributed by atoms with Gasteiger partial charge in [-0.3, -0.25) is 0 Å². The third kappa shape index (κ3) is 4.11. The van der Waals surface area contributed by atoms with Crippen molar-refractivity contribution in [2.45, 2.75) is 12.7 Å². The van der Waals surface area contributed by atoms with Crippen LogP contribution in [0.1, 0.15) is 6.92 Å². The van der Waals surface area contributed by atoms with Crippen LogP contribution in [0.2, 0.25) is 5.79 Å². The van der Waals surface area contributed by atoms with E-state index in [1.165, 1.54) is 5.57 Å². The molecular weight excluding hydrogens is 113 g/mol. The summed E-state index contributed by atoms with van der Waals surface area (Å²) in [6.45, 7) is 2.10. The van der Waals surface area contributed by atoms with Gasteiger partial charge in [-0.2, -0.15) is 0 Å². The molecule has 0 aromatic rings. The van der Waals surface area contributed by atoms with Gasteiger partial charge in [0, 0.05) is 0 Å². The van der Waals surface area contributed by atoms with Gasteiger partial charge in [0.2, 0.25) is 0 Å². The molecule has 0 radical (unpaired) electrons. The molecule has 0 saturated carbocycles. The molecule has 8 heavy (non-hydrogen) atoms. The molecule has 0 saturated heterocycles. The van der Waals surface area contributed by atoms with Gasteiger partial charge in [0.05, 0.1) is 0 Å². The van der Waals surface area contributed by atoms with E-state index >= 15 is 0 Å². The fraction of sp³-hybridized carbons (Fsp3) is 0.500. The number of rotatable bonds is 2. The predicted molar refractivity (Wildman–Crippen MR) is 40.5 cm³/mol. The molecule has 0 aliphatic heterocycles. The van der Waals surface area contributed by atoms with Gasteiger partial charge in [-0.1, -0.05) is 0 Å². The van der Waals surface area contributed by atoms with Gasteiger partial charge >= 0.3 is 56.5 Å². The fourth-order valence-corrected chi connectivity index (χ4v) is 1.16. The van der Waals surface area contributed by atoms with Crippen LogP contribution in [0.3, 0.4) is 0 Å². The van der Waals surface area contributed by atoms with E-state index in [4.69, 9.17) is 0 Å². The van der Waals surface area contributed by atoms with E-state index in [0.29, 0.717) is 14.8 Å². The molecule has 0 aromatic heterocycles. The summed E-state index contributed by atoms with van der Waals surface area (Å²) in [6, 6.07) is 0. The normalized spacial score (nSPS) is 11.6. The second-order valence-corrected chi connectivity index (χ2v) is 2.68. The third-order valence-electron chi connectivity index (χ3n) is 0.802. The average Bonchev–Trinajstić information content (AvgIpc) is 1.68. The van der Waals surface area contributed by atoms with Crippen molar-refractivity contribution >= 4 is 19.7 Å². The fourth-order valence-electron chi connectivity index (χ4n) is 0.539. The molecule has 1 N–H and O–H groups in total. The Balaban J connectivity index is 3.61. The van der Waals surface area contributed by atoms with Gasteiger partial charge in [-0.15, -0.1) is 0 Å². The van der Waals surface area contributed by atoms with Crippen molar-refractivity contribution in [2.24, 2.45) is 0 Å².